The van der Waals surface area contributed by atoms with Gasteiger partial charge < -0.3 is 9.73 Å². The number of hydrogen-bond acceptors (Lipinski definition) is 4. The van der Waals surface area contributed by atoms with Crippen molar-refractivity contribution in [1.29, 1.82) is 0 Å². The molecule has 0 aromatic carbocycles. The molecule has 0 saturated heterocycles. The third-order valence-corrected chi connectivity index (χ3v) is 4.15. The molecule has 2 heterocycles. The summed E-state index contributed by atoms with van der Waals surface area (Å²) in [5.74, 6) is 2.09. The second kappa shape index (κ2) is 5.39. The maximum atomic E-state index is 5.40. The zero-order valence-electron chi connectivity index (χ0n) is 11.6. The van der Waals surface area contributed by atoms with Crippen molar-refractivity contribution >= 4 is 16.9 Å². The Balaban J connectivity index is 2.03. The van der Waals surface area contributed by atoms with Gasteiger partial charge in [-0.3, -0.25) is 4.99 Å². The highest BCUT2D eigenvalue weighted by Crippen LogP contribution is 2.30. The van der Waals surface area contributed by atoms with Crippen molar-refractivity contribution < 1.29 is 4.42 Å². The van der Waals surface area contributed by atoms with Crippen LogP contribution in [0.4, 0.5) is 0 Å². The number of amidine groups is 1. The van der Waals surface area contributed by atoms with Gasteiger partial charge in [-0.05, 0) is 30.9 Å². The van der Waals surface area contributed by atoms with Crippen LogP contribution in [0.2, 0.25) is 0 Å². The average molecular weight is 266 g/mol. The number of hydrogen-bond donors (Lipinski definition) is 1. The van der Waals surface area contributed by atoms with Crippen LogP contribution in [0.1, 0.15) is 45.9 Å². The molecule has 2 atom stereocenters. The molecule has 1 aromatic rings. The van der Waals surface area contributed by atoms with E-state index in [2.05, 4.69) is 33.0 Å². The van der Waals surface area contributed by atoms with E-state index in [1.807, 2.05) is 12.1 Å². The molecule has 0 bridgehead atoms. The van der Waals surface area contributed by atoms with E-state index in [9.17, 15) is 0 Å². The Morgan fingerprint density at radius 2 is 2.28 bits per heavy atom. The largest absolute Gasteiger partial charge is 0.467 e. The number of nitrogens with zero attached hydrogens (tertiary/aromatic N) is 1. The van der Waals surface area contributed by atoms with Gasteiger partial charge in [0, 0.05) is 5.75 Å². The Labute approximate surface area is 113 Å². The SMILES string of the molecule is CC(NC1=NC(C(C)(C)C)CCS1)c1ccco1. The number of nitrogens with one attached hydrogen (secondary N) is 1. The number of rotatable bonds is 2. The van der Waals surface area contributed by atoms with Gasteiger partial charge >= 0.3 is 0 Å². The highest BCUT2D eigenvalue weighted by molar-refractivity contribution is 8.13. The lowest BCUT2D eigenvalue weighted by molar-refractivity contribution is 0.315. The van der Waals surface area contributed by atoms with Gasteiger partial charge in [0.05, 0.1) is 18.3 Å². The Kier molecular flexibility index (Phi) is 4.05. The van der Waals surface area contributed by atoms with E-state index < -0.39 is 0 Å². The smallest absolute Gasteiger partial charge is 0.157 e. The van der Waals surface area contributed by atoms with Gasteiger partial charge in [-0.1, -0.05) is 32.5 Å². The fourth-order valence-electron chi connectivity index (χ4n) is 2.01. The lowest BCUT2D eigenvalue weighted by Gasteiger charge is -2.31. The van der Waals surface area contributed by atoms with Crippen molar-refractivity contribution in [2.24, 2.45) is 10.4 Å². The van der Waals surface area contributed by atoms with Gasteiger partial charge in [-0.25, -0.2) is 0 Å². The maximum Gasteiger partial charge on any atom is 0.157 e. The summed E-state index contributed by atoms with van der Waals surface area (Å²) in [5, 5.41) is 4.49. The summed E-state index contributed by atoms with van der Waals surface area (Å²) < 4.78 is 5.40. The Bertz CT molecular complexity index is 406. The van der Waals surface area contributed by atoms with E-state index in [-0.39, 0.29) is 11.5 Å². The molecule has 2 rings (SSSR count). The first-order chi connectivity index (χ1) is 8.47. The van der Waals surface area contributed by atoms with Gasteiger partial charge in [-0.15, -0.1) is 0 Å². The van der Waals surface area contributed by atoms with Crippen molar-refractivity contribution in [3.8, 4) is 0 Å². The zero-order valence-corrected chi connectivity index (χ0v) is 12.4. The molecule has 0 fully saturated rings. The van der Waals surface area contributed by atoms with Gasteiger partial charge in [0.25, 0.3) is 0 Å². The lowest BCUT2D eigenvalue weighted by atomic mass is 9.85. The second-order valence-electron chi connectivity index (χ2n) is 5.83. The molecule has 1 aromatic heterocycles. The van der Waals surface area contributed by atoms with Crippen LogP contribution in [0.15, 0.2) is 27.8 Å². The van der Waals surface area contributed by atoms with Crippen LogP contribution < -0.4 is 5.32 Å². The summed E-state index contributed by atoms with van der Waals surface area (Å²) in [6.07, 6.45) is 2.87. The molecule has 3 nitrogen and oxygen atoms in total. The molecule has 1 aliphatic heterocycles. The molecule has 1 aliphatic rings. The van der Waals surface area contributed by atoms with Crippen LogP contribution in [0, 0.1) is 5.41 Å². The molecule has 1 N–H and O–H groups in total. The van der Waals surface area contributed by atoms with Gasteiger partial charge in [-0.2, -0.15) is 0 Å². The van der Waals surface area contributed by atoms with Crippen LogP contribution in [0.25, 0.3) is 0 Å². The number of thioether (sulfide) groups is 1. The number of furan rings is 1. The van der Waals surface area contributed by atoms with Crippen molar-refractivity contribution in [3.63, 3.8) is 0 Å². The summed E-state index contributed by atoms with van der Waals surface area (Å²) >= 11 is 1.81. The minimum atomic E-state index is 0.171. The van der Waals surface area contributed by atoms with E-state index in [0.717, 1.165) is 23.1 Å². The van der Waals surface area contributed by atoms with E-state index >= 15 is 0 Å². The van der Waals surface area contributed by atoms with Gasteiger partial charge in [0.15, 0.2) is 5.17 Å². The summed E-state index contributed by atoms with van der Waals surface area (Å²) in [6.45, 7) is 8.86. The summed E-state index contributed by atoms with van der Waals surface area (Å²) in [4.78, 5) is 4.83. The first kappa shape index (κ1) is 13.5. The van der Waals surface area contributed by atoms with E-state index in [1.165, 1.54) is 0 Å². The van der Waals surface area contributed by atoms with E-state index in [4.69, 9.17) is 9.41 Å². The Morgan fingerprint density at radius 3 is 2.89 bits per heavy atom. The Morgan fingerprint density at radius 1 is 1.50 bits per heavy atom. The summed E-state index contributed by atoms with van der Waals surface area (Å²) in [6, 6.07) is 4.49. The monoisotopic (exact) mass is 266 g/mol. The summed E-state index contributed by atoms with van der Waals surface area (Å²) in [7, 11) is 0. The van der Waals surface area contributed by atoms with E-state index in [1.54, 1.807) is 18.0 Å². The van der Waals surface area contributed by atoms with Crippen LogP contribution in [-0.2, 0) is 0 Å². The van der Waals surface area contributed by atoms with Crippen molar-refractivity contribution in [2.75, 3.05) is 5.75 Å². The minimum absolute atomic E-state index is 0.171. The predicted octanol–water partition coefficient (Wildman–Crippen LogP) is 3.84. The molecule has 0 aliphatic carbocycles. The molecule has 18 heavy (non-hydrogen) atoms. The van der Waals surface area contributed by atoms with Crippen molar-refractivity contribution in [3.05, 3.63) is 24.2 Å². The molecule has 2 unspecified atom stereocenters. The highest BCUT2D eigenvalue weighted by Gasteiger charge is 2.27. The minimum Gasteiger partial charge on any atom is -0.467 e. The topological polar surface area (TPSA) is 37.5 Å². The zero-order chi connectivity index (χ0) is 13.2. The Hall–Kier alpha value is -0.900. The number of aliphatic imine (C=N–C) groups is 1. The third kappa shape index (κ3) is 3.31. The third-order valence-electron chi connectivity index (χ3n) is 3.21. The molecule has 0 amide bonds. The normalized spacial score (nSPS) is 22.4. The molecule has 0 spiro atoms. The molecule has 0 radical (unpaired) electrons. The second-order valence-corrected chi connectivity index (χ2v) is 6.92. The molecule has 0 saturated carbocycles. The molecular weight excluding hydrogens is 244 g/mol. The maximum absolute atomic E-state index is 5.40. The summed E-state index contributed by atoms with van der Waals surface area (Å²) in [5.41, 5.74) is 0.238. The van der Waals surface area contributed by atoms with Crippen LogP contribution in [-0.4, -0.2) is 17.0 Å². The standard InChI is InChI=1S/C14H22N2OS/c1-10(11-6-5-8-17-11)15-13-16-12(7-9-18-13)14(2,3)4/h5-6,8,10,12H,7,9H2,1-4H3,(H,15,16). The predicted molar refractivity (Wildman–Crippen MR) is 78.0 cm³/mol. The molecular formula is C14H22N2OS. The van der Waals surface area contributed by atoms with Gasteiger partial charge in [0.1, 0.15) is 5.76 Å². The fraction of sp³-hybridized carbons (Fsp3) is 0.643. The quantitative estimate of drug-likeness (QED) is 0.883. The molecule has 100 valence electrons. The first-order valence-electron chi connectivity index (χ1n) is 6.47. The van der Waals surface area contributed by atoms with E-state index in [0.29, 0.717) is 6.04 Å². The van der Waals surface area contributed by atoms with Crippen LogP contribution >= 0.6 is 11.8 Å². The van der Waals surface area contributed by atoms with Crippen LogP contribution in [0.5, 0.6) is 0 Å². The average Bonchev–Trinajstić information content (AvgIpc) is 2.81. The molecule has 4 heteroatoms. The van der Waals surface area contributed by atoms with Gasteiger partial charge in [0.2, 0.25) is 0 Å². The highest BCUT2D eigenvalue weighted by atomic mass is 32.2. The first-order valence-corrected chi connectivity index (χ1v) is 7.46. The van der Waals surface area contributed by atoms with Crippen molar-refractivity contribution in [2.45, 2.75) is 46.2 Å². The fourth-order valence-corrected chi connectivity index (χ4v) is 3.01. The van der Waals surface area contributed by atoms with Crippen molar-refractivity contribution in [1.82, 2.24) is 5.32 Å². The lowest BCUT2D eigenvalue weighted by Crippen LogP contribution is -2.34. The van der Waals surface area contributed by atoms with Crippen LogP contribution in [0.3, 0.4) is 0 Å².